The van der Waals surface area contributed by atoms with Crippen molar-refractivity contribution in [2.24, 2.45) is 0 Å². The standard InChI is InChI=1S/C6H5.Zr/c1-2-4-6-5-3-1;/h1-5H;. The second-order valence-electron chi connectivity index (χ2n) is 1.08. The molecule has 0 spiro atoms. The average molecular weight is 168 g/mol. The van der Waals surface area contributed by atoms with Gasteiger partial charge in [-0.2, -0.15) is 0 Å². The van der Waals surface area contributed by atoms with Gasteiger partial charge in [-0.15, -0.1) is 0 Å². The molecule has 0 bridgehead atoms. The van der Waals surface area contributed by atoms with Crippen molar-refractivity contribution in [2.75, 3.05) is 0 Å². The minimum Gasteiger partial charge on any atom is -0.0622 e. The molecule has 0 fully saturated rings. The van der Waals surface area contributed by atoms with Crippen molar-refractivity contribution in [1.82, 2.24) is 0 Å². The summed E-state index contributed by atoms with van der Waals surface area (Å²) in [7, 11) is 0. The molecule has 0 atom stereocenters. The second kappa shape index (κ2) is 4.27. The molecule has 0 saturated carbocycles. The van der Waals surface area contributed by atoms with Crippen LogP contribution in [0, 0.1) is 6.07 Å². The van der Waals surface area contributed by atoms with E-state index in [1.807, 2.05) is 30.3 Å². The summed E-state index contributed by atoms with van der Waals surface area (Å²) in [6.45, 7) is 0. The van der Waals surface area contributed by atoms with E-state index in [1.54, 1.807) is 0 Å². The quantitative estimate of drug-likeness (QED) is 0.550. The van der Waals surface area contributed by atoms with Crippen LogP contribution in [0.2, 0.25) is 0 Å². The summed E-state index contributed by atoms with van der Waals surface area (Å²) >= 11 is 0. The molecule has 1 heteroatoms. The van der Waals surface area contributed by atoms with E-state index >= 15 is 0 Å². The van der Waals surface area contributed by atoms with Gasteiger partial charge in [-0.25, -0.2) is 0 Å². The topological polar surface area (TPSA) is 0 Å². The molecule has 7 heavy (non-hydrogen) atoms. The summed E-state index contributed by atoms with van der Waals surface area (Å²) in [5, 5.41) is 0. The van der Waals surface area contributed by atoms with Gasteiger partial charge in [-0.1, -0.05) is 30.3 Å². The van der Waals surface area contributed by atoms with Crippen LogP contribution >= 0.6 is 0 Å². The van der Waals surface area contributed by atoms with Crippen LogP contribution in [0.5, 0.6) is 0 Å². The van der Waals surface area contributed by atoms with Crippen molar-refractivity contribution in [3.63, 3.8) is 0 Å². The molecular weight excluding hydrogens is 163 g/mol. The fourth-order valence-electron chi connectivity index (χ4n) is 0.342. The predicted molar refractivity (Wildman–Crippen MR) is 25.3 cm³/mol. The number of benzene rings is 1. The van der Waals surface area contributed by atoms with Crippen LogP contribution in [0.15, 0.2) is 30.3 Å². The summed E-state index contributed by atoms with van der Waals surface area (Å²) in [5.41, 5.74) is 0. The van der Waals surface area contributed by atoms with Gasteiger partial charge >= 0.3 is 0 Å². The zero-order valence-electron chi connectivity index (χ0n) is 3.89. The molecule has 0 aliphatic carbocycles. The molecule has 0 aliphatic heterocycles. The maximum absolute atomic E-state index is 2.89. The molecule has 33 valence electrons. The van der Waals surface area contributed by atoms with Crippen LogP contribution < -0.4 is 0 Å². The summed E-state index contributed by atoms with van der Waals surface area (Å²) in [6.07, 6.45) is 0. The molecule has 0 amide bonds. The molecule has 0 aliphatic rings. The molecule has 0 nitrogen and oxygen atoms in total. The van der Waals surface area contributed by atoms with E-state index in [2.05, 4.69) is 6.07 Å². The molecule has 1 aromatic carbocycles. The first kappa shape index (κ1) is 7.10. The smallest absolute Gasteiger partial charge is 0 e. The van der Waals surface area contributed by atoms with Gasteiger partial charge < -0.3 is 0 Å². The van der Waals surface area contributed by atoms with Crippen LogP contribution in [0.3, 0.4) is 0 Å². The Morgan fingerprint density at radius 1 is 0.857 bits per heavy atom. The fraction of sp³-hybridized carbons (Fsp3) is 0. The third-order valence-corrected chi connectivity index (χ3v) is 0.607. The van der Waals surface area contributed by atoms with Crippen molar-refractivity contribution >= 4 is 0 Å². The normalized spacial score (nSPS) is 6.86. The first-order chi connectivity index (χ1) is 3.00. The summed E-state index contributed by atoms with van der Waals surface area (Å²) < 4.78 is 0. The number of rotatable bonds is 0. The number of hydrogen-bond donors (Lipinski definition) is 0. The second-order valence-corrected chi connectivity index (χ2v) is 1.08. The Kier molecular flexibility index (Phi) is 4.33. The molecule has 0 heterocycles. The van der Waals surface area contributed by atoms with E-state index < -0.39 is 0 Å². The molecule has 0 aromatic heterocycles. The SMILES string of the molecule is [Zr].[c]1ccccc1. The van der Waals surface area contributed by atoms with Gasteiger partial charge in [0.05, 0.1) is 0 Å². The molecular formula is C6H5Zr. The van der Waals surface area contributed by atoms with Crippen molar-refractivity contribution in [3.8, 4) is 0 Å². The third kappa shape index (κ3) is 2.76. The average Bonchev–Trinajstić information content (AvgIpc) is 1.72. The van der Waals surface area contributed by atoms with Gasteiger partial charge in [-0.05, 0) is 6.07 Å². The Morgan fingerprint density at radius 2 is 1.43 bits per heavy atom. The van der Waals surface area contributed by atoms with Gasteiger partial charge in [0.2, 0.25) is 0 Å². The summed E-state index contributed by atoms with van der Waals surface area (Å²) in [4.78, 5) is 0. The maximum atomic E-state index is 2.89. The number of hydrogen-bond acceptors (Lipinski definition) is 0. The van der Waals surface area contributed by atoms with Crippen molar-refractivity contribution in [1.29, 1.82) is 0 Å². The zero-order valence-corrected chi connectivity index (χ0v) is 6.34. The van der Waals surface area contributed by atoms with Crippen LogP contribution in [-0.4, -0.2) is 0 Å². The van der Waals surface area contributed by atoms with Crippen molar-refractivity contribution < 1.29 is 26.2 Å². The Morgan fingerprint density at radius 3 is 1.57 bits per heavy atom. The fourth-order valence-corrected chi connectivity index (χ4v) is 0.342. The molecule has 1 aromatic rings. The van der Waals surface area contributed by atoms with Gasteiger partial charge in [0.1, 0.15) is 0 Å². The third-order valence-electron chi connectivity index (χ3n) is 0.607. The van der Waals surface area contributed by atoms with Crippen LogP contribution in [0.4, 0.5) is 0 Å². The van der Waals surface area contributed by atoms with E-state index in [1.165, 1.54) is 0 Å². The predicted octanol–water partition coefficient (Wildman–Crippen LogP) is 1.48. The van der Waals surface area contributed by atoms with E-state index in [4.69, 9.17) is 0 Å². The van der Waals surface area contributed by atoms with Gasteiger partial charge in [-0.3, -0.25) is 0 Å². The first-order valence-corrected chi connectivity index (χ1v) is 1.91. The van der Waals surface area contributed by atoms with E-state index in [-0.39, 0.29) is 26.2 Å². The van der Waals surface area contributed by atoms with Crippen LogP contribution in [-0.2, 0) is 26.2 Å². The minimum absolute atomic E-state index is 0. The Balaban J connectivity index is 0.000000360. The monoisotopic (exact) mass is 167 g/mol. The molecule has 1 rings (SSSR count). The van der Waals surface area contributed by atoms with Gasteiger partial charge in [0.15, 0.2) is 0 Å². The molecule has 1 radical (unpaired) electrons. The van der Waals surface area contributed by atoms with Gasteiger partial charge in [0, 0.05) is 26.2 Å². The summed E-state index contributed by atoms with van der Waals surface area (Å²) in [6, 6.07) is 12.5. The zero-order chi connectivity index (χ0) is 4.24. The van der Waals surface area contributed by atoms with E-state index in [9.17, 15) is 0 Å². The molecule has 0 N–H and O–H groups in total. The molecule has 0 unspecified atom stereocenters. The summed E-state index contributed by atoms with van der Waals surface area (Å²) in [5.74, 6) is 0. The Labute approximate surface area is 62.7 Å². The first-order valence-electron chi connectivity index (χ1n) is 1.91. The minimum atomic E-state index is 0. The van der Waals surface area contributed by atoms with Crippen LogP contribution in [0.1, 0.15) is 0 Å². The van der Waals surface area contributed by atoms with Crippen LogP contribution in [0.25, 0.3) is 0 Å². The van der Waals surface area contributed by atoms with Crippen molar-refractivity contribution in [3.05, 3.63) is 36.4 Å². The van der Waals surface area contributed by atoms with E-state index in [0.717, 1.165) is 0 Å². The largest absolute Gasteiger partial charge is 0.0622 e. The van der Waals surface area contributed by atoms with Gasteiger partial charge in [0.25, 0.3) is 0 Å². The Hall–Kier alpha value is 0.103. The molecule has 0 saturated heterocycles. The maximum Gasteiger partial charge on any atom is 0 e. The Bertz CT molecular complexity index is 76.1. The van der Waals surface area contributed by atoms with Crippen molar-refractivity contribution in [2.45, 2.75) is 0 Å². The van der Waals surface area contributed by atoms with E-state index in [0.29, 0.717) is 0 Å².